The van der Waals surface area contributed by atoms with Crippen molar-refractivity contribution in [1.29, 1.82) is 0 Å². The number of benzene rings is 1. The first kappa shape index (κ1) is 30.4. The SMILES string of the molecule is CC.CC.N[C@H]1CCCC[C@@H]1C(=O)N1CCC(CC(=O)Nc2cc(Br)cc(C(F)(F)F)c2)CC1. The highest BCUT2D eigenvalue weighted by Crippen LogP contribution is 2.34. The normalized spacial score (nSPS) is 20.9. The number of rotatable bonds is 4. The van der Waals surface area contributed by atoms with Gasteiger partial charge in [0.1, 0.15) is 0 Å². The van der Waals surface area contributed by atoms with Gasteiger partial charge in [-0.25, -0.2) is 0 Å². The van der Waals surface area contributed by atoms with Crippen molar-refractivity contribution in [2.24, 2.45) is 17.6 Å². The molecule has 2 atom stereocenters. The minimum absolute atomic E-state index is 0.0680. The first-order valence-corrected chi connectivity index (χ1v) is 13.1. The van der Waals surface area contributed by atoms with Crippen molar-refractivity contribution in [1.82, 2.24) is 4.90 Å². The number of hydrogen-bond donors (Lipinski definition) is 2. The summed E-state index contributed by atoms with van der Waals surface area (Å²) in [6.45, 7) is 9.18. The van der Waals surface area contributed by atoms with Crippen molar-refractivity contribution < 1.29 is 22.8 Å². The summed E-state index contributed by atoms with van der Waals surface area (Å²) in [6, 6.07) is 3.28. The van der Waals surface area contributed by atoms with Crippen LogP contribution in [0.25, 0.3) is 0 Å². The first-order valence-electron chi connectivity index (χ1n) is 12.4. The van der Waals surface area contributed by atoms with Crippen LogP contribution >= 0.6 is 15.9 Å². The van der Waals surface area contributed by atoms with Gasteiger partial charge in [-0.2, -0.15) is 13.2 Å². The highest BCUT2D eigenvalue weighted by molar-refractivity contribution is 9.10. The van der Waals surface area contributed by atoms with E-state index in [-0.39, 0.29) is 46.3 Å². The van der Waals surface area contributed by atoms with Crippen LogP contribution in [0.5, 0.6) is 0 Å². The summed E-state index contributed by atoms with van der Waals surface area (Å²) in [4.78, 5) is 27.0. The number of piperidine rings is 1. The summed E-state index contributed by atoms with van der Waals surface area (Å²) in [6.07, 6.45) is 0.980. The predicted molar refractivity (Wildman–Crippen MR) is 134 cm³/mol. The molecule has 1 saturated carbocycles. The molecule has 2 fully saturated rings. The standard InChI is InChI=1S/C21H27BrF3N3O2.2C2H6/c22-15-10-14(21(23,24)25)11-16(12-15)27-19(29)9-13-5-7-28(8-6-13)20(30)17-3-1-2-4-18(17)26;2*1-2/h10-13,17-18H,1-9,26H2,(H,27,29);2*1-2H3/t17-,18-;;/m0../s1. The average Bonchev–Trinajstić information content (AvgIpc) is 2.81. The second-order valence-electron chi connectivity index (χ2n) is 8.30. The van der Waals surface area contributed by atoms with E-state index in [0.29, 0.717) is 25.9 Å². The molecule has 1 aromatic rings. The molecule has 5 nitrogen and oxygen atoms in total. The van der Waals surface area contributed by atoms with Crippen LogP contribution in [0.1, 0.15) is 78.2 Å². The number of carbonyl (C=O) groups excluding carboxylic acids is 2. The Morgan fingerprint density at radius 2 is 1.62 bits per heavy atom. The predicted octanol–water partition coefficient (Wildman–Crippen LogP) is 6.61. The van der Waals surface area contributed by atoms with Crippen LogP contribution in [0.4, 0.5) is 18.9 Å². The van der Waals surface area contributed by atoms with Gasteiger partial charge >= 0.3 is 6.18 Å². The van der Waals surface area contributed by atoms with E-state index in [1.165, 1.54) is 6.07 Å². The number of hydrogen-bond acceptors (Lipinski definition) is 3. The van der Waals surface area contributed by atoms with Crippen molar-refractivity contribution in [3.8, 4) is 0 Å². The fourth-order valence-corrected chi connectivity index (χ4v) is 4.85. The number of nitrogens with one attached hydrogen (secondary N) is 1. The third kappa shape index (κ3) is 9.21. The molecule has 2 amide bonds. The molecule has 34 heavy (non-hydrogen) atoms. The number of alkyl halides is 3. The Bertz CT molecular complexity index is 781. The van der Waals surface area contributed by atoms with E-state index in [4.69, 9.17) is 5.73 Å². The molecule has 1 aromatic carbocycles. The molecule has 1 saturated heterocycles. The summed E-state index contributed by atoms with van der Waals surface area (Å²) in [5.74, 6) is -0.194. The lowest BCUT2D eigenvalue weighted by atomic mass is 9.83. The van der Waals surface area contributed by atoms with Crippen molar-refractivity contribution in [2.45, 2.75) is 84.9 Å². The lowest BCUT2D eigenvalue weighted by Crippen LogP contribution is -2.48. The maximum absolute atomic E-state index is 12.9. The van der Waals surface area contributed by atoms with Gasteiger partial charge in [0.15, 0.2) is 0 Å². The maximum Gasteiger partial charge on any atom is 0.416 e. The summed E-state index contributed by atoms with van der Waals surface area (Å²) >= 11 is 3.05. The van der Waals surface area contributed by atoms with E-state index in [1.54, 1.807) is 0 Å². The molecule has 0 aromatic heterocycles. The minimum Gasteiger partial charge on any atom is -0.342 e. The van der Waals surface area contributed by atoms with Crippen LogP contribution in [0.15, 0.2) is 22.7 Å². The van der Waals surface area contributed by atoms with Crippen LogP contribution in [0.3, 0.4) is 0 Å². The molecule has 194 valence electrons. The van der Waals surface area contributed by atoms with Crippen LogP contribution in [0, 0.1) is 11.8 Å². The summed E-state index contributed by atoms with van der Waals surface area (Å²) in [5, 5.41) is 2.57. The van der Waals surface area contributed by atoms with Crippen LogP contribution in [-0.2, 0) is 15.8 Å². The first-order chi connectivity index (χ1) is 16.1. The molecule has 3 rings (SSSR count). The van der Waals surface area contributed by atoms with Crippen molar-refractivity contribution >= 4 is 33.4 Å². The zero-order valence-electron chi connectivity index (χ0n) is 20.7. The lowest BCUT2D eigenvalue weighted by molar-refractivity contribution is -0.139. The molecule has 0 radical (unpaired) electrons. The van der Waals surface area contributed by atoms with Gasteiger partial charge < -0.3 is 16.0 Å². The lowest BCUT2D eigenvalue weighted by Gasteiger charge is -2.37. The molecule has 1 aliphatic carbocycles. The van der Waals surface area contributed by atoms with E-state index in [9.17, 15) is 22.8 Å². The van der Waals surface area contributed by atoms with Gasteiger partial charge in [0.05, 0.1) is 11.5 Å². The van der Waals surface area contributed by atoms with Crippen molar-refractivity contribution in [3.05, 3.63) is 28.2 Å². The molecular formula is C25H39BrF3N3O2. The third-order valence-corrected chi connectivity index (χ3v) is 6.50. The summed E-state index contributed by atoms with van der Waals surface area (Å²) < 4.78 is 39.1. The van der Waals surface area contributed by atoms with Gasteiger partial charge in [-0.15, -0.1) is 0 Å². The second-order valence-corrected chi connectivity index (χ2v) is 9.22. The Kier molecular flexibility index (Phi) is 13.2. The second kappa shape index (κ2) is 14.7. The molecule has 0 spiro atoms. The molecule has 2 aliphatic rings. The van der Waals surface area contributed by atoms with Crippen LogP contribution in [0.2, 0.25) is 0 Å². The van der Waals surface area contributed by atoms with Crippen molar-refractivity contribution in [3.63, 3.8) is 0 Å². The number of nitrogens with zero attached hydrogens (tertiary/aromatic N) is 1. The number of anilines is 1. The zero-order chi connectivity index (χ0) is 25.9. The number of likely N-dealkylation sites (tertiary alicyclic amines) is 1. The molecule has 1 aliphatic heterocycles. The third-order valence-electron chi connectivity index (χ3n) is 6.05. The Hall–Kier alpha value is -1.61. The number of carbonyl (C=O) groups is 2. The van der Waals surface area contributed by atoms with E-state index in [2.05, 4.69) is 21.2 Å². The monoisotopic (exact) mass is 549 g/mol. The highest BCUT2D eigenvalue weighted by Gasteiger charge is 2.34. The van der Waals surface area contributed by atoms with Gasteiger partial charge in [-0.1, -0.05) is 56.5 Å². The van der Waals surface area contributed by atoms with Gasteiger partial charge in [0.2, 0.25) is 11.8 Å². The molecule has 0 bridgehead atoms. The Balaban J connectivity index is 0.00000137. The van der Waals surface area contributed by atoms with E-state index >= 15 is 0 Å². The Labute approximate surface area is 210 Å². The van der Waals surface area contributed by atoms with E-state index < -0.39 is 11.7 Å². The molecule has 3 N–H and O–H groups in total. The Morgan fingerprint density at radius 3 is 2.18 bits per heavy atom. The quantitative estimate of drug-likeness (QED) is 0.443. The zero-order valence-corrected chi connectivity index (χ0v) is 22.3. The summed E-state index contributed by atoms with van der Waals surface area (Å²) in [7, 11) is 0. The van der Waals surface area contributed by atoms with E-state index in [0.717, 1.165) is 37.8 Å². The fraction of sp³-hybridized carbons (Fsp3) is 0.680. The van der Waals surface area contributed by atoms with Gasteiger partial charge in [-0.05, 0) is 49.8 Å². The highest BCUT2D eigenvalue weighted by atomic mass is 79.9. The van der Waals surface area contributed by atoms with Crippen molar-refractivity contribution in [2.75, 3.05) is 18.4 Å². The average molecular weight is 551 g/mol. The Morgan fingerprint density at radius 1 is 1.03 bits per heavy atom. The number of nitrogens with two attached hydrogens (primary N) is 1. The minimum atomic E-state index is -4.48. The van der Waals surface area contributed by atoms with Gasteiger partial charge in [0.25, 0.3) is 0 Å². The van der Waals surface area contributed by atoms with Crippen LogP contribution < -0.4 is 11.1 Å². The smallest absolute Gasteiger partial charge is 0.342 e. The van der Waals surface area contributed by atoms with Gasteiger partial charge in [0, 0.05) is 35.7 Å². The largest absolute Gasteiger partial charge is 0.416 e. The molecular weight excluding hydrogens is 511 g/mol. The van der Waals surface area contributed by atoms with Crippen LogP contribution in [-0.4, -0.2) is 35.8 Å². The maximum atomic E-state index is 12.9. The van der Waals surface area contributed by atoms with E-state index in [1.807, 2.05) is 32.6 Å². The molecule has 1 heterocycles. The van der Waals surface area contributed by atoms with Gasteiger partial charge in [-0.3, -0.25) is 9.59 Å². The summed E-state index contributed by atoms with van der Waals surface area (Å²) in [5.41, 5.74) is 5.42. The molecule has 0 unspecified atom stereocenters. The topological polar surface area (TPSA) is 75.4 Å². The molecule has 9 heteroatoms. The number of amides is 2. The fourth-order valence-electron chi connectivity index (χ4n) is 4.36. The number of halogens is 4.